The van der Waals surface area contributed by atoms with Gasteiger partial charge in [-0.2, -0.15) is 0 Å². The third-order valence-electron chi connectivity index (χ3n) is 2.92. The number of imidazole rings is 1. The number of sulfonamides is 1. The quantitative estimate of drug-likeness (QED) is 0.870. The number of nitrogens with one attached hydrogen (secondary N) is 1. The predicted molar refractivity (Wildman–Crippen MR) is 74.5 cm³/mol. The summed E-state index contributed by atoms with van der Waals surface area (Å²) in [5.41, 5.74) is 0.557. The van der Waals surface area contributed by atoms with E-state index in [2.05, 4.69) is 9.71 Å². The monoisotopic (exact) mass is 313 g/mol. The number of hydrogen-bond acceptors (Lipinski definition) is 4. The first-order valence-corrected chi connectivity index (χ1v) is 7.66. The van der Waals surface area contributed by atoms with Crippen LogP contribution >= 0.6 is 0 Å². The minimum absolute atomic E-state index is 0.0150. The number of benzene rings is 1. The molecule has 6 nitrogen and oxygen atoms in total. The third-order valence-corrected chi connectivity index (χ3v) is 4.23. The molecule has 8 heteroatoms. The second kappa shape index (κ2) is 6.33. The van der Waals surface area contributed by atoms with Crippen molar-refractivity contribution < 1.29 is 17.5 Å². The van der Waals surface area contributed by atoms with Gasteiger partial charge in [-0.05, 0) is 17.7 Å². The molecule has 2 rings (SSSR count). The molecule has 0 saturated carbocycles. The van der Waals surface area contributed by atoms with Crippen molar-refractivity contribution >= 4 is 10.0 Å². The highest BCUT2D eigenvalue weighted by Gasteiger charge is 2.20. The van der Waals surface area contributed by atoms with E-state index in [1.807, 2.05) is 0 Å². The van der Waals surface area contributed by atoms with Crippen LogP contribution in [0, 0.1) is 5.82 Å². The van der Waals surface area contributed by atoms with E-state index in [0.29, 0.717) is 5.56 Å². The molecule has 0 amide bonds. The number of nitrogens with zero attached hydrogens (tertiary/aromatic N) is 2. The van der Waals surface area contributed by atoms with Crippen LogP contribution in [0.3, 0.4) is 0 Å². The molecule has 1 aromatic heterocycles. The molecule has 0 spiro atoms. The fourth-order valence-electron chi connectivity index (χ4n) is 1.83. The van der Waals surface area contributed by atoms with Gasteiger partial charge in [0, 0.05) is 26.9 Å². The van der Waals surface area contributed by atoms with E-state index in [-0.39, 0.29) is 11.6 Å². The number of hydrogen-bond donors (Lipinski definition) is 1. The Bertz CT molecular complexity index is 715. The van der Waals surface area contributed by atoms with Crippen molar-refractivity contribution in [2.24, 2.45) is 7.05 Å². The Morgan fingerprint density at radius 3 is 2.81 bits per heavy atom. The summed E-state index contributed by atoms with van der Waals surface area (Å²) in [6.07, 6.45) is 2.21. The Balaban J connectivity index is 2.10. The van der Waals surface area contributed by atoms with Gasteiger partial charge in [0.1, 0.15) is 5.82 Å². The third kappa shape index (κ3) is 3.87. The topological polar surface area (TPSA) is 73.2 Å². The standard InChI is InChI=1S/C13H16FN3O3S/c1-17-8-13(15-9-17)21(18,19)16-7-12(20-2)10-4-3-5-11(14)6-10/h3-6,8-9,12,16H,7H2,1-2H3. The molecule has 0 saturated heterocycles. The second-order valence-electron chi connectivity index (χ2n) is 4.51. The van der Waals surface area contributed by atoms with Crippen molar-refractivity contribution in [3.63, 3.8) is 0 Å². The zero-order valence-electron chi connectivity index (χ0n) is 11.7. The minimum Gasteiger partial charge on any atom is -0.375 e. The Kier molecular flexibility index (Phi) is 4.71. The Labute approximate surface area is 122 Å². The molecule has 0 radical (unpaired) electrons. The Hall–Kier alpha value is -1.77. The molecule has 1 unspecified atom stereocenters. The van der Waals surface area contributed by atoms with Gasteiger partial charge in [-0.25, -0.2) is 22.5 Å². The number of aryl methyl sites for hydroxylation is 1. The Morgan fingerprint density at radius 1 is 1.48 bits per heavy atom. The summed E-state index contributed by atoms with van der Waals surface area (Å²) < 4.78 is 46.4. The highest BCUT2D eigenvalue weighted by molar-refractivity contribution is 7.89. The van der Waals surface area contributed by atoms with E-state index < -0.39 is 21.9 Å². The molecule has 1 heterocycles. The predicted octanol–water partition coefficient (Wildman–Crippen LogP) is 1.23. The summed E-state index contributed by atoms with van der Waals surface area (Å²) >= 11 is 0. The van der Waals surface area contributed by atoms with Gasteiger partial charge < -0.3 is 9.30 Å². The molecule has 0 fully saturated rings. The molecule has 1 N–H and O–H groups in total. The van der Waals surface area contributed by atoms with E-state index in [1.165, 1.54) is 36.3 Å². The van der Waals surface area contributed by atoms with Gasteiger partial charge in [-0.15, -0.1) is 0 Å². The maximum Gasteiger partial charge on any atom is 0.259 e. The maximum atomic E-state index is 13.2. The fraction of sp³-hybridized carbons (Fsp3) is 0.308. The molecule has 114 valence electrons. The zero-order valence-corrected chi connectivity index (χ0v) is 12.5. The van der Waals surface area contributed by atoms with Crippen LogP contribution in [-0.2, 0) is 21.8 Å². The average Bonchev–Trinajstić information content (AvgIpc) is 2.87. The van der Waals surface area contributed by atoms with Gasteiger partial charge in [0.05, 0.1) is 12.4 Å². The summed E-state index contributed by atoms with van der Waals surface area (Å²) in [6.45, 7) is -0.0150. The maximum absolute atomic E-state index is 13.2. The lowest BCUT2D eigenvalue weighted by Crippen LogP contribution is -2.29. The van der Waals surface area contributed by atoms with Gasteiger partial charge in [-0.1, -0.05) is 12.1 Å². The number of rotatable bonds is 6. The van der Waals surface area contributed by atoms with Crippen LogP contribution in [-0.4, -0.2) is 31.6 Å². The summed E-state index contributed by atoms with van der Waals surface area (Å²) in [7, 11) is -0.606. The van der Waals surface area contributed by atoms with E-state index in [9.17, 15) is 12.8 Å². The van der Waals surface area contributed by atoms with E-state index in [1.54, 1.807) is 19.2 Å². The number of aromatic nitrogens is 2. The van der Waals surface area contributed by atoms with Crippen LogP contribution in [0.4, 0.5) is 4.39 Å². The molecule has 0 aliphatic heterocycles. The van der Waals surface area contributed by atoms with Crippen LogP contribution in [0.15, 0.2) is 41.8 Å². The number of ether oxygens (including phenoxy) is 1. The lowest BCUT2D eigenvalue weighted by atomic mass is 10.1. The van der Waals surface area contributed by atoms with Gasteiger partial charge in [0.2, 0.25) is 0 Å². The molecule has 0 aliphatic rings. The summed E-state index contributed by atoms with van der Waals surface area (Å²) in [5, 5.41) is -0.0703. The van der Waals surface area contributed by atoms with Crippen LogP contribution in [0.1, 0.15) is 11.7 Å². The number of methoxy groups -OCH3 is 1. The number of halogens is 1. The molecule has 1 atom stereocenters. The summed E-state index contributed by atoms with van der Waals surface area (Å²) in [4.78, 5) is 3.79. The van der Waals surface area contributed by atoms with Crippen molar-refractivity contribution in [1.29, 1.82) is 0 Å². The molecular weight excluding hydrogens is 297 g/mol. The summed E-state index contributed by atoms with van der Waals surface area (Å²) in [5.74, 6) is -0.401. The van der Waals surface area contributed by atoms with E-state index >= 15 is 0 Å². The first kappa shape index (κ1) is 15.6. The Morgan fingerprint density at radius 2 is 2.24 bits per heavy atom. The van der Waals surface area contributed by atoms with Crippen LogP contribution in [0.25, 0.3) is 0 Å². The first-order chi connectivity index (χ1) is 9.92. The smallest absolute Gasteiger partial charge is 0.259 e. The van der Waals surface area contributed by atoms with Gasteiger partial charge in [-0.3, -0.25) is 0 Å². The van der Waals surface area contributed by atoms with E-state index in [0.717, 1.165) is 0 Å². The van der Waals surface area contributed by atoms with Crippen LogP contribution in [0.2, 0.25) is 0 Å². The van der Waals surface area contributed by atoms with Crippen molar-refractivity contribution in [1.82, 2.24) is 14.3 Å². The largest absolute Gasteiger partial charge is 0.375 e. The molecular formula is C13H16FN3O3S. The summed E-state index contributed by atoms with van der Waals surface area (Å²) in [6, 6.07) is 5.84. The average molecular weight is 313 g/mol. The van der Waals surface area contributed by atoms with Gasteiger partial charge in [0.25, 0.3) is 10.0 Å². The normalized spacial score (nSPS) is 13.3. The molecule has 0 bridgehead atoms. The highest BCUT2D eigenvalue weighted by atomic mass is 32.2. The lowest BCUT2D eigenvalue weighted by Gasteiger charge is -2.16. The van der Waals surface area contributed by atoms with Crippen LogP contribution < -0.4 is 4.72 Å². The zero-order chi connectivity index (χ0) is 15.5. The first-order valence-electron chi connectivity index (χ1n) is 6.18. The van der Waals surface area contributed by atoms with E-state index in [4.69, 9.17) is 4.74 Å². The highest BCUT2D eigenvalue weighted by Crippen LogP contribution is 2.17. The van der Waals surface area contributed by atoms with Crippen molar-refractivity contribution in [2.45, 2.75) is 11.1 Å². The SMILES string of the molecule is COC(CNS(=O)(=O)c1cn(C)cn1)c1cccc(F)c1. The molecule has 2 aromatic rings. The fourth-order valence-corrected chi connectivity index (χ4v) is 2.84. The van der Waals surface area contributed by atoms with Crippen molar-refractivity contribution in [2.75, 3.05) is 13.7 Å². The second-order valence-corrected chi connectivity index (χ2v) is 6.22. The lowest BCUT2D eigenvalue weighted by molar-refractivity contribution is 0.107. The van der Waals surface area contributed by atoms with Crippen molar-refractivity contribution in [3.05, 3.63) is 48.2 Å². The molecule has 1 aromatic carbocycles. The molecule has 21 heavy (non-hydrogen) atoms. The van der Waals surface area contributed by atoms with Gasteiger partial charge >= 0.3 is 0 Å². The minimum atomic E-state index is -3.72. The van der Waals surface area contributed by atoms with Crippen LogP contribution in [0.5, 0.6) is 0 Å². The van der Waals surface area contributed by atoms with Gasteiger partial charge in [0.15, 0.2) is 5.03 Å². The molecule has 0 aliphatic carbocycles. The van der Waals surface area contributed by atoms with Crippen molar-refractivity contribution in [3.8, 4) is 0 Å².